The molecule has 1 aliphatic rings. The van der Waals surface area contributed by atoms with E-state index in [1.807, 2.05) is 54.7 Å². The molecule has 0 spiro atoms. The monoisotopic (exact) mass is 654 g/mol. The summed E-state index contributed by atoms with van der Waals surface area (Å²) in [7, 11) is 0. The van der Waals surface area contributed by atoms with Gasteiger partial charge in [0.1, 0.15) is 23.0 Å². The fourth-order valence-electron chi connectivity index (χ4n) is 7.50. The molecule has 0 radical (unpaired) electrons. The van der Waals surface area contributed by atoms with Gasteiger partial charge in [-0.3, -0.25) is 4.98 Å². The van der Waals surface area contributed by atoms with Crippen molar-refractivity contribution in [1.82, 2.24) is 9.55 Å². The molecule has 7 aromatic carbocycles. The molecule has 2 aromatic heterocycles. The first-order valence-electron chi connectivity index (χ1n) is 17.1. The number of hydrogen-bond donors (Lipinski definition) is 0. The van der Waals surface area contributed by atoms with E-state index in [9.17, 15) is 0 Å². The van der Waals surface area contributed by atoms with Gasteiger partial charge in [0, 0.05) is 56.0 Å². The Labute approximate surface area is 295 Å². The van der Waals surface area contributed by atoms with Gasteiger partial charge in [0.2, 0.25) is 0 Å². The molecule has 0 fully saturated rings. The predicted octanol–water partition coefficient (Wildman–Crippen LogP) is 12.7. The number of nitrogens with zero attached hydrogens (tertiary/aromatic N) is 2. The number of aromatic nitrogens is 2. The Balaban J connectivity index is 1.28. The highest BCUT2D eigenvalue weighted by molar-refractivity contribution is 6.15. The molecule has 4 nitrogen and oxygen atoms in total. The molecular formula is C47H30N2O2. The van der Waals surface area contributed by atoms with Crippen LogP contribution < -0.4 is 9.47 Å². The van der Waals surface area contributed by atoms with Gasteiger partial charge in [-0.1, -0.05) is 115 Å². The summed E-state index contributed by atoms with van der Waals surface area (Å²) in [5.41, 5.74) is 11.2. The summed E-state index contributed by atoms with van der Waals surface area (Å²) in [6, 6.07) is 60.9. The lowest BCUT2D eigenvalue weighted by molar-refractivity contribution is 0.472. The molecule has 0 amide bonds. The average molecular weight is 655 g/mol. The summed E-state index contributed by atoms with van der Waals surface area (Å²) in [5, 5.41) is 2.40. The number of pyridine rings is 1. The zero-order valence-electron chi connectivity index (χ0n) is 27.5. The summed E-state index contributed by atoms with van der Waals surface area (Å²) < 4.78 is 16.4. The van der Waals surface area contributed by atoms with Crippen LogP contribution in [0.3, 0.4) is 0 Å². The highest BCUT2D eigenvalue weighted by atomic mass is 16.5. The first kappa shape index (κ1) is 29.0. The van der Waals surface area contributed by atoms with Gasteiger partial charge < -0.3 is 14.0 Å². The number of ether oxygens (including phenoxy) is 2. The van der Waals surface area contributed by atoms with E-state index in [1.54, 1.807) is 0 Å². The van der Waals surface area contributed by atoms with Crippen LogP contribution in [0.4, 0.5) is 0 Å². The Kier molecular flexibility index (Phi) is 6.78. The third kappa shape index (κ3) is 4.80. The maximum Gasteiger partial charge on any atom is 0.136 e. The Morgan fingerprint density at radius 1 is 0.412 bits per heavy atom. The van der Waals surface area contributed by atoms with Crippen molar-refractivity contribution < 1.29 is 9.47 Å². The fraction of sp³-hybridized carbons (Fsp3) is 0. The summed E-state index contributed by atoms with van der Waals surface area (Å²) in [4.78, 5) is 4.64. The maximum absolute atomic E-state index is 7.15. The van der Waals surface area contributed by atoms with E-state index in [4.69, 9.17) is 9.47 Å². The molecule has 0 unspecified atom stereocenters. The van der Waals surface area contributed by atoms with Gasteiger partial charge in [0.25, 0.3) is 0 Å². The van der Waals surface area contributed by atoms with E-state index >= 15 is 0 Å². The summed E-state index contributed by atoms with van der Waals surface area (Å²) in [5.74, 6) is 2.98. The Morgan fingerprint density at radius 3 is 1.90 bits per heavy atom. The van der Waals surface area contributed by atoms with E-state index in [-0.39, 0.29) is 0 Å². The van der Waals surface area contributed by atoms with Crippen LogP contribution in [0.25, 0.3) is 72.1 Å². The molecule has 4 heteroatoms. The molecule has 3 heterocycles. The number of rotatable bonds is 3. The quantitative estimate of drug-likeness (QED) is 0.190. The molecule has 0 aliphatic carbocycles. The Morgan fingerprint density at radius 2 is 1.04 bits per heavy atom. The molecule has 0 saturated heterocycles. The number of fused-ring (bicyclic) bond motifs is 9. The van der Waals surface area contributed by atoms with Crippen LogP contribution in [-0.4, -0.2) is 9.55 Å². The molecular weight excluding hydrogens is 625 g/mol. The van der Waals surface area contributed by atoms with Crippen LogP contribution in [0.5, 0.6) is 23.0 Å². The highest BCUT2D eigenvalue weighted by Gasteiger charge is 2.25. The Hall–Kier alpha value is -6.91. The minimum atomic E-state index is 0.726. The second-order valence-electron chi connectivity index (χ2n) is 12.7. The van der Waals surface area contributed by atoms with Gasteiger partial charge in [0.15, 0.2) is 0 Å². The van der Waals surface area contributed by atoms with Gasteiger partial charge in [-0.15, -0.1) is 0 Å². The highest BCUT2D eigenvalue weighted by Crippen LogP contribution is 2.51. The van der Waals surface area contributed by atoms with E-state index in [2.05, 4.69) is 137 Å². The lowest BCUT2D eigenvalue weighted by Gasteiger charge is -2.23. The lowest BCUT2D eigenvalue weighted by Crippen LogP contribution is -2.00. The second-order valence-corrected chi connectivity index (χ2v) is 12.7. The summed E-state index contributed by atoms with van der Waals surface area (Å²) in [6.45, 7) is 0. The molecule has 0 bridgehead atoms. The maximum atomic E-state index is 7.15. The van der Waals surface area contributed by atoms with Crippen molar-refractivity contribution in [2.45, 2.75) is 0 Å². The van der Waals surface area contributed by atoms with Crippen molar-refractivity contribution in [3.63, 3.8) is 0 Å². The minimum absolute atomic E-state index is 0.726. The van der Waals surface area contributed by atoms with Crippen LogP contribution in [0.1, 0.15) is 0 Å². The third-order valence-electron chi connectivity index (χ3n) is 9.74. The molecule has 10 rings (SSSR count). The van der Waals surface area contributed by atoms with Crippen molar-refractivity contribution in [1.29, 1.82) is 0 Å². The number of benzene rings is 7. The van der Waals surface area contributed by atoms with Crippen molar-refractivity contribution in [3.05, 3.63) is 182 Å². The third-order valence-corrected chi connectivity index (χ3v) is 9.74. The summed E-state index contributed by atoms with van der Waals surface area (Å²) in [6.07, 6.45) is 1.82. The smallest absolute Gasteiger partial charge is 0.136 e. The van der Waals surface area contributed by atoms with Crippen molar-refractivity contribution in [3.8, 4) is 73.3 Å². The van der Waals surface area contributed by atoms with Gasteiger partial charge in [-0.05, 0) is 66.2 Å². The predicted molar refractivity (Wildman–Crippen MR) is 207 cm³/mol. The first-order chi connectivity index (χ1) is 25.3. The van der Waals surface area contributed by atoms with Gasteiger partial charge in [0.05, 0.1) is 16.7 Å². The minimum Gasteiger partial charge on any atom is -0.456 e. The average Bonchev–Trinajstić information content (AvgIpc) is 3.54. The largest absolute Gasteiger partial charge is 0.456 e. The molecule has 240 valence electrons. The van der Waals surface area contributed by atoms with Gasteiger partial charge in [-0.25, -0.2) is 0 Å². The van der Waals surface area contributed by atoms with Crippen LogP contribution in [0, 0.1) is 0 Å². The van der Waals surface area contributed by atoms with E-state index in [0.717, 1.165) is 84.4 Å². The van der Waals surface area contributed by atoms with Crippen molar-refractivity contribution in [2.24, 2.45) is 0 Å². The molecule has 0 N–H and O–H groups in total. The van der Waals surface area contributed by atoms with Crippen LogP contribution in [-0.2, 0) is 0 Å². The molecule has 0 saturated carbocycles. The first-order valence-corrected chi connectivity index (χ1v) is 17.1. The van der Waals surface area contributed by atoms with Gasteiger partial charge >= 0.3 is 0 Å². The van der Waals surface area contributed by atoms with Crippen LogP contribution in [0.2, 0.25) is 0 Å². The second kappa shape index (κ2) is 11.9. The standard InChI is InChI=1S/C47H30N2O2/c1-2-14-32(15-3-1)49-41-23-7-4-16-33(41)37-20-12-21-38(47(37)49)36-19-13-26-44-46(36)39-18-6-9-25-43(39)50-42-24-8-5-17-34(42)35-28-27-31(30-45(35)51-44)40-22-10-11-29-48-40/h1-30H. The molecule has 9 aromatic rings. The van der Waals surface area contributed by atoms with Crippen LogP contribution >= 0.6 is 0 Å². The normalized spacial score (nSPS) is 11.8. The topological polar surface area (TPSA) is 36.3 Å². The lowest BCUT2D eigenvalue weighted by atomic mass is 9.91. The number of para-hydroxylation sites is 5. The number of hydrogen-bond acceptors (Lipinski definition) is 3. The summed E-state index contributed by atoms with van der Waals surface area (Å²) >= 11 is 0. The van der Waals surface area contributed by atoms with E-state index in [0.29, 0.717) is 0 Å². The molecule has 51 heavy (non-hydrogen) atoms. The fourth-order valence-corrected chi connectivity index (χ4v) is 7.50. The molecule has 1 aliphatic heterocycles. The van der Waals surface area contributed by atoms with E-state index in [1.165, 1.54) is 10.8 Å². The zero-order valence-corrected chi connectivity index (χ0v) is 27.5. The SMILES string of the molecule is c1ccc(-n2c3ccccc3c3cccc(-c4cccc5c4-c4ccccc4Oc4ccccc4-c4ccc(-c6ccccn6)cc4O5)c32)cc1. The van der Waals surface area contributed by atoms with Crippen LogP contribution in [0.15, 0.2) is 182 Å². The van der Waals surface area contributed by atoms with Crippen molar-refractivity contribution in [2.75, 3.05) is 0 Å². The molecule has 0 atom stereocenters. The Bertz CT molecular complexity index is 2750. The zero-order chi connectivity index (χ0) is 33.7. The van der Waals surface area contributed by atoms with Gasteiger partial charge in [-0.2, -0.15) is 0 Å². The van der Waals surface area contributed by atoms with E-state index < -0.39 is 0 Å². The van der Waals surface area contributed by atoms with Crippen molar-refractivity contribution >= 4 is 21.8 Å².